The van der Waals surface area contributed by atoms with Crippen molar-refractivity contribution < 1.29 is 19.7 Å². The predicted octanol–water partition coefficient (Wildman–Crippen LogP) is 6.41. The second-order valence-electron chi connectivity index (χ2n) is 9.31. The van der Waals surface area contributed by atoms with E-state index in [-0.39, 0.29) is 18.6 Å². The molecule has 33 heavy (non-hydrogen) atoms. The second-order valence-corrected chi connectivity index (χ2v) is 9.31. The van der Waals surface area contributed by atoms with E-state index in [0.717, 1.165) is 24.3 Å². The van der Waals surface area contributed by atoms with Crippen molar-refractivity contribution in [3.8, 4) is 11.5 Å². The quantitative estimate of drug-likeness (QED) is 0.484. The molecule has 1 aliphatic rings. The highest BCUT2D eigenvalue weighted by atomic mass is 16.5. The van der Waals surface area contributed by atoms with Gasteiger partial charge in [0.05, 0.1) is 13.2 Å². The van der Waals surface area contributed by atoms with E-state index in [1.165, 1.54) is 75.3 Å². The summed E-state index contributed by atoms with van der Waals surface area (Å²) in [5, 5.41) is 18.1. The zero-order valence-corrected chi connectivity index (χ0v) is 20.1. The summed E-state index contributed by atoms with van der Waals surface area (Å²) >= 11 is 0. The monoisotopic (exact) mass is 454 g/mol. The Labute approximate surface area is 200 Å². The molecular formula is C29H42O4. The first-order chi connectivity index (χ1) is 16.3. The van der Waals surface area contributed by atoms with Crippen LogP contribution in [-0.2, 0) is 5.41 Å². The van der Waals surface area contributed by atoms with Crippen molar-refractivity contribution in [2.24, 2.45) is 0 Å². The number of benzene rings is 2. The van der Waals surface area contributed by atoms with E-state index in [1.807, 2.05) is 24.3 Å². The molecule has 1 fully saturated rings. The third kappa shape index (κ3) is 7.75. The van der Waals surface area contributed by atoms with Crippen LogP contribution in [0.4, 0.5) is 0 Å². The van der Waals surface area contributed by atoms with Gasteiger partial charge in [-0.3, -0.25) is 0 Å². The third-order valence-corrected chi connectivity index (χ3v) is 6.99. The van der Waals surface area contributed by atoms with Crippen molar-refractivity contribution in [2.45, 2.75) is 82.5 Å². The number of ether oxygens (including phenoxy) is 2. The first-order valence-corrected chi connectivity index (χ1v) is 13.0. The molecule has 0 unspecified atom stereocenters. The summed E-state index contributed by atoms with van der Waals surface area (Å²) in [6.07, 6.45) is 15.5. The van der Waals surface area contributed by atoms with Crippen LogP contribution in [0.25, 0.3) is 0 Å². The van der Waals surface area contributed by atoms with Crippen LogP contribution >= 0.6 is 0 Å². The minimum absolute atomic E-state index is 0.0242. The molecule has 0 bridgehead atoms. The van der Waals surface area contributed by atoms with Crippen molar-refractivity contribution in [3.63, 3.8) is 0 Å². The van der Waals surface area contributed by atoms with Crippen LogP contribution < -0.4 is 9.47 Å². The largest absolute Gasteiger partial charge is 0.491 e. The molecular weight excluding hydrogens is 412 g/mol. The van der Waals surface area contributed by atoms with Gasteiger partial charge in [-0.25, -0.2) is 0 Å². The summed E-state index contributed by atoms with van der Waals surface area (Å²) in [5.41, 5.74) is 2.66. The molecule has 0 amide bonds. The van der Waals surface area contributed by atoms with E-state index in [0.29, 0.717) is 13.2 Å². The maximum absolute atomic E-state index is 9.07. The highest BCUT2D eigenvalue weighted by molar-refractivity contribution is 5.43. The molecule has 3 rings (SSSR count). The van der Waals surface area contributed by atoms with Crippen LogP contribution in [0.5, 0.6) is 11.5 Å². The Hall–Kier alpha value is -2.04. The van der Waals surface area contributed by atoms with E-state index in [9.17, 15) is 0 Å². The Kier molecular flexibility index (Phi) is 11.1. The molecule has 2 aromatic carbocycles. The van der Waals surface area contributed by atoms with Gasteiger partial charge in [-0.15, -0.1) is 0 Å². The molecule has 4 nitrogen and oxygen atoms in total. The van der Waals surface area contributed by atoms with Crippen LogP contribution in [0.2, 0.25) is 0 Å². The average molecular weight is 455 g/mol. The highest BCUT2D eigenvalue weighted by Gasteiger charge is 2.33. The molecule has 1 saturated carbocycles. The zero-order valence-electron chi connectivity index (χ0n) is 20.1. The first kappa shape index (κ1) is 25.6. The number of rotatable bonds is 8. The van der Waals surface area contributed by atoms with Gasteiger partial charge in [0.1, 0.15) is 24.7 Å². The Bertz CT molecular complexity index is 702. The maximum atomic E-state index is 9.07. The first-order valence-electron chi connectivity index (χ1n) is 13.0. The summed E-state index contributed by atoms with van der Waals surface area (Å²) in [5.74, 6) is 1.61. The van der Waals surface area contributed by atoms with E-state index in [2.05, 4.69) is 24.3 Å². The Morgan fingerprint density at radius 1 is 0.515 bits per heavy atom. The fourth-order valence-electron chi connectivity index (χ4n) is 5.20. The molecule has 2 N–H and O–H groups in total. The lowest BCUT2D eigenvalue weighted by Crippen LogP contribution is -2.28. The molecule has 2 aromatic rings. The normalized spacial score (nSPS) is 17.9. The van der Waals surface area contributed by atoms with E-state index >= 15 is 0 Å². The Balaban J connectivity index is 1.91. The summed E-state index contributed by atoms with van der Waals surface area (Å²) in [6, 6.07) is 17.1. The topological polar surface area (TPSA) is 58.9 Å². The van der Waals surface area contributed by atoms with Gasteiger partial charge in [0.15, 0.2) is 0 Å². The van der Waals surface area contributed by atoms with Crippen LogP contribution in [-0.4, -0.2) is 36.6 Å². The van der Waals surface area contributed by atoms with Crippen LogP contribution in [0.15, 0.2) is 48.5 Å². The standard InChI is InChI=1S/C29H42O4/c30-21-23-32-27-15-11-25(12-16-27)29(26-13-17-28(18-14-26)33-24-22-31)19-9-7-5-3-1-2-4-6-8-10-20-29/h11-18,30-31H,1-10,19-24H2. The molecule has 0 spiro atoms. The van der Waals surface area contributed by atoms with Crippen molar-refractivity contribution in [2.75, 3.05) is 26.4 Å². The van der Waals surface area contributed by atoms with E-state index < -0.39 is 0 Å². The molecule has 0 aliphatic heterocycles. The lowest BCUT2D eigenvalue weighted by Gasteiger charge is -2.36. The van der Waals surface area contributed by atoms with Gasteiger partial charge in [-0.1, -0.05) is 88.5 Å². The second kappa shape index (κ2) is 14.3. The molecule has 0 radical (unpaired) electrons. The van der Waals surface area contributed by atoms with E-state index in [4.69, 9.17) is 19.7 Å². The molecule has 1 aliphatic carbocycles. The summed E-state index contributed by atoms with van der Waals surface area (Å²) in [6.45, 7) is 0.687. The highest BCUT2D eigenvalue weighted by Crippen LogP contribution is 2.43. The Morgan fingerprint density at radius 3 is 1.18 bits per heavy atom. The lowest BCUT2D eigenvalue weighted by atomic mass is 9.68. The molecule has 0 saturated heterocycles. The van der Waals surface area contributed by atoms with Gasteiger partial charge in [-0.05, 0) is 48.2 Å². The van der Waals surface area contributed by atoms with Gasteiger partial charge in [-0.2, -0.15) is 0 Å². The van der Waals surface area contributed by atoms with Gasteiger partial charge in [0.2, 0.25) is 0 Å². The molecule has 0 atom stereocenters. The predicted molar refractivity (Wildman–Crippen MR) is 134 cm³/mol. The van der Waals surface area contributed by atoms with Gasteiger partial charge in [0, 0.05) is 5.41 Å². The number of hydrogen-bond acceptors (Lipinski definition) is 4. The van der Waals surface area contributed by atoms with Gasteiger partial charge in [0.25, 0.3) is 0 Å². The van der Waals surface area contributed by atoms with Crippen LogP contribution in [0.3, 0.4) is 0 Å². The van der Waals surface area contributed by atoms with Crippen molar-refractivity contribution in [3.05, 3.63) is 59.7 Å². The fourth-order valence-corrected chi connectivity index (χ4v) is 5.20. The average Bonchev–Trinajstić information content (AvgIpc) is 2.88. The SMILES string of the molecule is OCCOc1ccc(C2(c3ccc(OCCO)cc3)CCCCCCCCCCCC2)cc1. The van der Waals surface area contributed by atoms with Crippen molar-refractivity contribution in [1.82, 2.24) is 0 Å². The van der Waals surface area contributed by atoms with Crippen molar-refractivity contribution in [1.29, 1.82) is 0 Å². The lowest BCUT2D eigenvalue weighted by molar-refractivity contribution is 0.201. The number of hydrogen-bond donors (Lipinski definition) is 2. The van der Waals surface area contributed by atoms with Gasteiger partial charge >= 0.3 is 0 Å². The minimum Gasteiger partial charge on any atom is -0.491 e. The van der Waals surface area contributed by atoms with Crippen LogP contribution in [0.1, 0.15) is 88.2 Å². The van der Waals surface area contributed by atoms with Crippen LogP contribution in [0, 0.1) is 0 Å². The smallest absolute Gasteiger partial charge is 0.119 e. The summed E-state index contributed by atoms with van der Waals surface area (Å²) in [4.78, 5) is 0. The number of aliphatic hydroxyl groups excluding tert-OH is 2. The number of aliphatic hydroxyl groups is 2. The summed E-state index contributed by atoms with van der Waals surface area (Å²) in [7, 11) is 0. The van der Waals surface area contributed by atoms with Crippen molar-refractivity contribution >= 4 is 0 Å². The zero-order chi connectivity index (χ0) is 23.2. The summed E-state index contributed by atoms with van der Waals surface area (Å²) < 4.78 is 11.3. The van der Waals surface area contributed by atoms with E-state index in [1.54, 1.807) is 0 Å². The molecule has 4 heteroatoms. The molecule has 182 valence electrons. The fraction of sp³-hybridized carbons (Fsp3) is 0.586. The third-order valence-electron chi connectivity index (χ3n) is 6.99. The molecule has 0 aromatic heterocycles. The maximum Gasteiger partial charge on any atom is 0.119 e. The molecule has 0 heterocycles. The minimum atomic E-state index is -0.0287. The van der Waals surface area contributed by atoms with Gasteiger partial charge < -0.3 is 19.7 Å². The Morgan fingerprint density at radius 2 is 0.848 bits per heavy atom.